The Kier molecular flexibility index (Phi) is 1.59. The van der Waals surface area contributed by atoms with Gasteiger partial charge in [-0.1, -0.05) is 6.07 Å². The van der Waals surface area contributed by atoms with Crippen LogP contribution in [-0.4, -0.2) is 11.8 Å². The maximum absolute atomic E-state index is 11.1. The molecule has 1 aliphatic carbocycles. The van der Waals surface area contributed by atoms with E-state index in [1.165, 1.54) is 18.4 Å². The zero-order chi connectivity index (χ0) is 10.4. The van der Waals surface area contributed by atoms with E-state index in [9.17, 15) is 9.59 Å². The molecule has 2 amide bonds. The third-order valence-corrected chi connectivity index (χ3v) is 2.73. The van der Waals surface area contributed by atoms with Crippen molar-refractivity contribution in [1.29, 1.82) is 0 Å². The third kappa shape index (κ3) is 1.38. The number of benzene rings is 1. The van der Waals surface area contributed by atoms with Crippen molar-refractivity contribution in [3.05, 3.63) is 23.8 Å². The number of nitrogens with zero attached hydrogens (tertiary/aromatic N) is 1. The SMILES string of the molecule is O=C1[N]c2cc(C3CC3)ccc2NC1=O. The predicted octanol–water partition coefficient (Wildman–Crippen LogP) is 1.28. The molecule has 75 valence electrons. The van der Waals surface area contributed by atoms with Gasteiger partial charge in [0, 0.05) is 0 Å². The summed E-state index contributed by atoms with van der Waals surface area (Å²) in [6.45, 7) is 0. The summed E-state index contributed by atoms with van der Waals surface area (Å²) in [7, 11) is 0. The molecule has 0 aromatic heterocycles. The number of amides is 2. The van der Waals surface area contributed by atoms with E-state index in [0.717, 1.165) is 0 Å². The van der Waals surface area contributed by atoms with Crippen molar-refractivity contribution in [1.82, 2.24) is 5.32 Å². The van der Waals surface area contributed by atoms with Gasteiger partial charge in [0.2, 0.25) is 0 Å². The van der Waals surface area contributed by atoms with Gasteiger partial charge in [-0.15, -0.1) is 0 Å². The summed E-state index contributed by atoms with van der Waals surface area (Å²) in [5.74, 6) is -0.740. The Labute approximate surface area is 86.7 Å². The van der Waals surface area contributed by atoms with Crippen molar-refractivity contribution in [2.45, 2.75) is 18.8 Å². The summed E-state index contributed by atoms with van der Waals surface area (Å²) < 4.78 is 0. The smallest absolute Gasteiger partial charge is 0.316 e. The van der Waals surface area contributed by atoms with Crippen LogP contribution < -0.4 is 10.6 Å². The van der Waals surface area contributed by atoms with Crippen molar-refractivity contribution in [3.8, 4) is 0 Å². The number of nitrogens with one attached hydrogen (secondary N) is 1. The molecule has 1 aromatic carbocycles. The van der Waals surface area contributed by atoms with Crippen LogP contribution in [0.2, 0.25) is 0 Å². The average Bonchev–Trinajstić information content (AvgIpc) is 3.02. The number of carbonyl (C=O) groups excluding carboxylic acids is 2. The van der Waals surface area contributed by atoms with Crippen LogP contribution in [0.5, 0.6) is 0 Å². The molecule has 0 atom stereocenters. The summed E-state index contributed by atoms with van der Waals surface area (Å²) in [6.07, 6.45) is 2.41. The largest absolute Gasteiger partial charge is 0.335 e. The average molecular weight is 201 g/mol. The molecule has 1 aromatic rings. The first-order chi connectivity index (χ1) is 7.24. The molecular formula is C11H9N2O2. The molecule has 4 nitrogen and oxygen atoms in total. The molecule has 1 saturated carbocycles. The fraction of sp³-hybridized carbons (Fsp3) is 0.273. The molecule has 4 heteroatoms. The summed E-state index contributed by atoms with van der Waals surface area (Å²) in [4.78, 5) is 22.1. The first-order valence-electron chi connectivity index (χ1n) is 4.95. The van der Waals surface area contributed by atoms with Crippen LogP contribution in [0.3, 0.4) is 0 Å². The highest BCUT2D eigenvalue weighted by Crippen LogP contribution is 2.42. The molecule has 0 bridgehead atoms. The van der Waals surface area contributed by atoms with Crippen molar-refractivity contribution in [3.63, 3.8) is 0 Å². The fourth-order valence-electron chi connectivity index (χ4n) is 1.75. The Bertz CT molecular complexity index is 464. The van der Waals surface area contributed by atoms with Gasteiger partial charge in [-0.25, -0.2) is 5.32 Å². The van der Waals surface area contributed by atoms with Gasteiger partial charge < -0.3 is 5.32 Å². The quantitative estimate of drug-likeness (QED) is 0.696. The van der Waals surface area contributed by atoms with Gasteiger partial charge in [0.25, 0.3) is 0 Å². The molecule has 1 aliphatic heterocycles. The molecule has 1 heterocycles. The molecule has 1 radical (unpaired) electrons. The third-order valence-electron chi connectivity index (χ3n) is 2.73. The number of carbonyl (C=O) groups is 2. The summed E-state index contributed by atoms with van der Waals surface area (Å²) in [6, 6.07) is 5.70. The lowest BCUT2D eigenvalue weighted by Crippen LogP contribution is -2.33. The topological polar surface area (TPSA) is 60.3 Å². The number of rotatable bonds is 1. The number of hydrogen-bond acceptors (Lipinski definition) is 2. The zero-order valence-corrected chi connectivity index (χ0v) is 7.99. The van der Waals surface area contributed by atoms with Crippen molar-refractivity contribution in [2.75, 3.05) is 5.32 Å². The lowest BCUT2D eigenvalue weighted by atomic mass is 10.1. The van der Waals surface area contributed by atoms with Gasteiger partial charge in [-0.2, -0.15) is 0 Å². The fourth-order valence-corrected chi connectivity index (χ4v) is 1.75. The molecule has 2 aliphatic rings. The van der Waals surface area contributed by atoms with Crippen molar-refractivity contribution in [2.24, 2.45) is 0 Å². The van der Waals surface area contributed by atoms with E-state index < -0.39 is 11.8 Å². The highest BCUT2D eigenvalue weighted by atomic mass is 16.2. The molecule has 0 saturated heterocycles. The minimum absolute atomic E-state index is 0.587. The Hall–Kier alpha value is -1.84. The molecule has 1 N–H and O–H groups in total. The number of fused-ring (bicyclic) bond motifs is 1. The molecule has 15 heavy (non-hydrogen) atoms. The molecule has 1 fully saturated rings. The van der Waals surface area contributed by atoms with E-state index in [1.54, 1.807) is 0 Å². The van der Waals surface area contributed by atoms with Gasteiger partial charge >= 0.3 is 11.8 Å². The van der Waals surface area contributed by atoms with Crippen LogP contribution in [0, 0.1) is 0 Å². The molecular weight excluding hydrogens is 192 g/mol. The molecule has 0 unspecified atom stereocenters. The maximum atomic E-state index is 11.1. The van der Waals surface area contributed by atoms with Crippen LogP contribution >= 0.6 is 0 Å². The second kappa shape index (κ2) is 2.82. The second-order valence-corrected chi connectivity index (χ2v) is 3.92. The highest BCUT2D eigenvalue weighted by Gasteiger charge is 2.28. The molecule has 3 rings (SSSR count). The monoisotopic (exact) mass is 201 g/mol. The standard InChI is InChI=1S/C11H9N2O2/c14-10-11(15)13-9-5-7(6-1-2-6)3-4-8(9)12-10/h3-6H,1-2H2,(H,12,14). The van der Waals surface area contributed by atoms with Gasteiger partial charge in [-0.3, -0.25) is 9.59 Å². The van der Waals surface area contributed by atoms with Crippen LogP contribution in [0.25, 0.3) is 0 Å². The van der Waals surface area contributed by atoms with E-state index in [-0.39, 0.29) is 0 Å². The zero-order valence-electron chi connectivity index (χ0n) is 7.99. The van der Waals surface area contributed by atoms with Crippen LogP contribution in [0.1, 0.15) is 24.3 Å². The Morgan fingerprint density at radius 3 is 2.80 bits per heavy atom. The minimum Gasteiger partial charge on any atom is -0.316 e. The lowest BCUT2D eigenvalue weighted by molar-refractivity contribution is -0.135. The lowest BCUT2D eigenvalue weighted by Gasteiger charge is -2.15. The van der Waals surface area contributed by atoms with E-state index in [2.05, 4.69) is 10.6 Å². The van der Waals surface area contributed by atoms with E-state index in [0.29, 0.717) is 17.3 Å². The second-order valence-electron chi connectivity index (χ2n) is 3.92. The highest BCUT2D eigenvalue weighted by molar-refractivity contribution is 6.42. The normalized spacial score (nSPS) is 19.2. The summed E-state index contributed by atoms with van der Waals surface area (Å²) in [5, 5.41) is 6.26. The van der Waals surface area contributed by atoms with Gasteiger partial charge in [0.15, 0.2) is 0 Å². The van der Waals surface area contributed by atoms with E-state index in [4.69, 9.17) is 0 Å². The summed E-state index contributed by atoms with van der Waals surface area (Å²) >= 11 is 0. The van der Waals surface area contributed by atoms with Crippen molar-refractivity contribution < 1.29 is 9.59 Å². The molecule has 0 spiro atoms. The Morgan fingerprint density at radius 1 is 1.27 bits per heavy atom. The first-order valence-corrected chi connectivity index (χ1v) is 4.95. The Balaban J connectivity index is 2.01. The Morgan fingerprint density at radius 2 is 2.07 bits per heavy atom. The maximum Gasteiger partial charge on any atom is 0.335 e. The van der Waals surface area contributed by atoms with E-state index in [1.807, 2.05) is 18.2 Å². The van der Waals surface area contributed by atoms with Crippen LogP contribution in [-0.2, 0) is 9.59 Å². The minimum atomic E-state index is -0.713. The van der Waals surface area contributed by atoms with Gasteiger partial charge in [0.05, 0.1) is 11.4 Å². The number of anilines is 1. The number of hydrogen-bond donors (Lipinski definition) is 1. The first kappa shape index (κ1) is 8.47. The van der Waals surface area contributed by atoms with Crippen molar-refractivity contribution >= 4 is 23.2 Å². The predicted molar refractivity (Wildman–Crippen MR) is 53.8 cm³/mol. The summed E-state index contributed by atoms with van der Waals surface area (Å²) in [5.41, 5.74) is 2.43. The van der Waals surface area contributed by atoms with Gasteiger partial charge in [-0.05, 0) is 36.5 Å². The van der Waals surface area contributed by atoms with E-state index >= 15 is 0 Å². The van der Waals surface area contributed by atoms with Crippen LogP contribution in [0.15, 0.2) is 18.2 Å². The van der Waals surface area contributed by atoms with Crippen LogP contribution in [0.4, 0.5) is 11.4 Å². The van der Waals surface area contributed by atoms with Gasteiger partial charge in [0.1, 0.15) is 0 Å².